The molecule has 0 atom stereocenters. The van der Waals surface area contributed by atoms with Crippen molar-refractivity contribution in [1.29, 1.82) is 0 Å². The molecule has 0 spiro atoms. The van der Waals surface area contributed by atoms with Crippen LogP contribution in [0.15, 0.2) is 53.3 Å². The highest BCUT2D eigenvalue weighted by Crippen LogP contribution is 2.30. The van der Waals surface area contributed by atoms with Gasteiger partial charge in [0.25, 0.3) is 0 Å². The maximum Gasteiger partial charge on any atom is 0.233 e. The van der Waals surface area contributed by atoms with Crippen molar-refractivity contribution in [3.63, 3.8) is 0 Å². The van der Waals surface area contributed by atoms with E-state index >= 15 is 0 Å². The fraction of sp³-hybridized carbons (Fsp3) is 0.211. The van der Waals surface area contributed by atoms with Crippen LogP contribution in [0.4, 0.5) is 0 Å². The number of hydrogen-bond donors (Lipinski definition) is 1. The van der Waals surface area contributed by atoms with Gasteiger partial charge in [-0.2, -0.15) is 5.10 Å². The summed E-state index contributed by atoms with van der Waals surface area (Å²) >= 11 is 1.68. The van der Waals surface area contributed by atoms with E-state index in [9.17, 15) is 8.42 Å². The van der Waals surface area contributed by atoms with Crippen LogP contribution in [-0.2, 0) is 16.6 Å². The van der Waals surface area contributed by atoms with Gasteiger partial charge >= 0.3 is 0 Å². The van der Waals surface area contributed by atoms with Gasteiger partial charge in [-0.05, 0) is 36.9 Å². The maximum absolute atomic E-state index is 12.1. The second-order valence-corrected chi connectivity index (χ2v) is 8.50. The molecule has 0 fully saturated rings. The minimum atomic E-state index is -3.48. The third kappa shape index (κ3) is 4.49. The molecule has 0 bridgehead atoms. The van der Waals surface area contributed by atoms with Crippen molar-refractivity contribution < 1.29 is 8.42 Å². The molecular weight excluding hydrogens is 366 g/mol. The zero-order valence-corrected chi connectivity index (χ0v) is 16.3. The van der Waals surface area contributed by atoms with Crippen LogP contribution in [-0.4, -0.2) is 24.7 Å². The zero-order valence-electron chi connectivity index (χ0n) is 14.7. The van der Waals surface area contributed by atoms with Gasteiger partial charge in [0.2, 0.25) is 10.0 Å². The fourth-order valence-corrected chi connectivity index (χ4v) is 4.45. The molecule has 3 rings (SSSR count). The molecule has 5 nitrogen and oxygen atoms in total. The minimum absolute atomic E-state index is 0.285. The summed E-state index contributed by atoms with van der Waals surface area (Å²) in [5.74, 6) is 0. The van der Waals surface area contributed by atoms with E-state index in [-0.39, 0.29) is 6.54 Å². The van der Waals surface area contributed by atoms with E-state index in [2.05, 4.69) is 15.9 Å². The number of aryl methyl sites for hydroxylation is 1. The molecular formula is C19H21N3O2S2. The molecule has 26 heavy (non-hydrogen) atoms. The normalized spacial score (nSPS) is 12.1. The molecule has 1 N–H and O–H groups in total. The first-order valence-corrected chi connectivity index (χ1v) is 10.7. The fourth-order valence-electron chi connectivity index (χ4n) is 2.77. The van der Waals surface area contributed by atoms with E-state index in [0.29, 0.717) is 6.54 Å². The summed E-state index contributed by atoms with van der Waals surface area (Å²) in [4.78, 5) is 1.18. The summed E-state index contributed by atoms with van der Waals surface area (Å²) in [6, 6.07) is 13.4. The van der Waals surface area contributed by atoms with Gasteiger partial charge in [0.15, 0.2) is 0 Å². The number of hydrogen-bond acceptors (Lipinski definition) is 4. The van der Waals surface area contributed by atoms with E-state index in [0.717, 1.165) is 22.5 Å². The van der Waals surface area contributed by atoms with Crippen LogP contribution in [0, 0.1) is 13.8 Å². The number of nitrogens with zero attached hydrogens (tertiary/aromatic N) is 2. The highest BCUT2D eigenvalue weighted by Gasteiger charge is 2.14. The molecule has 0 aliphatic heterocycles. The third-order valence-corrected chi connectivity index (χ3v) is 6.00. The number of thiophene rings is 1. The van der Waals surface area contributed by atoms with E-state index in [4.69, 9.17) is 0 Å². The van der Waals surface area contributed by atoms with Crippen LogP contribution < -0.4 is 4.72 Å². The molecule has 2 aromatic heterocycles. The first kappa shape index (κ1) is 18.6. The smallest absolute Gasteiger partial charge is 0.233 e. The highest BCUT2D eigenvalue weighted by atomic mass is 32.2. The molecule has 1 aromatic carbocycles. The van der Waals surface area contributed by atoms with Crippen LogP contribution >= 0.6 is 11.3 Å². The lowest BCUT2D eigenvalue weighted by Crippen LogP contribution is -2.26. The summed E-state index contributed by atoms with van der Waals surface area (Å²) in [6.07, 6.45) is 1.58. The first-order valence-electron chi connectivity index (χ1n) is 8.27. The van der Waals surface area contributed by atoms with Gasteiger partial charge in [-0.1, -0.05) is 36.4 Å². The summed E-state index contributed by atoms with van der Waals surface area (Å²) < 4.78 is 28.7. The van der Waals surface area contributed by atoms with Crippen molar-refractivity contribution in [1.82, 2.24) is 14.5 Å². The van der Waals surface area contributed by atoms with Gasteiger partial charge in [-0.15, -0.1) is 11.3 Å². The van der Waals surface area contributed by atoms with Crippen molar-refractivity contribution in [2.24, 2.45) is 0 Å². The topological polar surface area (TPSA) is 64.0 Å². The van der Waals surface area contributed by atoms with Crippen molar-refractivity contribution in [2.75, 3.05) is 6.54 Å². The van der Waals surface area contributed by atoms with Gasteiger partial charge < -0.3 is 0 Å². The molecule has 0 saturated carbocycles. The first-order chi connectivity index (χ1) is 12.5. The molecule has 0 unspecified atom stereocenters. The molecule has 136 valence electrons. The lowest BCUT2D eigenvalue weighted by atomic mass is 10.1. The summed E-state index contributed by atoms with van der Waals surface area (Å²) in [5, 5.41) is 7.79. The van der Waals surface area contributed by atoms with E-state index in [1.54, 1.807) is 17.4 Å². The zero-order chi connectivity index (χ0) is 18.6. The van der Waals surface area contributed by atoms with E-state index in [1.807, 2.05) is 60.3 Å². The Labute approximate surface area is 158 Å². The molecule has 7 heteroatoms. The molecule has 0 aliphatic carbocycles. The number of benzene rings is 1. The lowest BCUT2D eigenvalue weighted by Gasteiger charge is -2.06. The Hall–Kier alpha value is -2.22. The lowest BCUT2D eigenvalue weighted by molar-refractivity contribution is 0.560. The summed E-state index contributed by atoms with van der Waals surface area (Å²) in [6.45, 7) is 4.76. The predicted molar refractivity (Wildman–Crippen MR) is 107 cm³/mol. The molecule has 0 amide bonds. The van der Waals surface area contributed by atoms with Crippen LogP contribution in [0.3, 0.4) is 0 Å². The van der Waals surface area contributed by atoms with Gasteiger partial charge in [0.1, 0.15) is 0 Å². The Kier molecular flexibility index (Phi) is 5.70. The molecule has 0 radical (unpaired) electrons. The monoisotopic (exact) mass is 387 g/mol. The van der Waals surface area contributed by atoms with Crippen molar-refractivity contribution in [2.45, 2.75) is 20.4 Å². The predicted octanol–water partition coefficient (Wildman–Crippen LogP) is 3.82. The van der Waals surface area contributed by atoms with Crippen molar-refractivity contribution >= 4 is 27.4 Å². The van der Waals surface area contributed by atoms with Gasteiger partial charge in [-0.25, -0.2) is 13.1 Å². The molecule has 3 aromatic rings. The Morgan fingerprint density at radius 2 is 1.92 bits per heavy atom. The van der Waals surface area contributed by atoms with Gasteiger partial charge in [0, 0.05) is 28.1 Å². The second kappa shape index (κ2) is 7.99. The van der Waals surface area contributed by atoms with Crippen molar-refractivity contribution in [3.8, 4) is 10.4 Å². The van der Waals surface area contributed by atoms with Crippen molar-refractivity contribution in [3.05, 3.63) is 70.2 Å². The SMILES string of the molecule is Cc1nn(CCNS(=O)(=O)/C=C/c2ccccc2)c(C)c1-c1cccs1. The third-order valence-electron chi connectivity index (χ3n) is 4.02. The maximum atomic E-state index is 12.1. The van der Waals surface area contributed by atoms with Crippen LogP contribution in [0.5, 0.6) is 0 Å². The largest absolute Gasteiger partial charge is 0.268 e. The molecule has 2 heterocycles. The Morgan fingerprint density at radius 3 is 2.62 bits per heavy atom. The average molecular weight is 388 g/mol. The van der Waals surface area contributed by atoms with Gasteiger partial charge in [0.05, 0.1) is 12.2 Å². The van der Waals surface area contributed by atoms with Crippen LogP contribution in [0.1, 0.15) is 17.0 Å². The number of sulfonamides is 1. The Balaban J connectivity index is 1.63. The quantitative estimate of drug-likeness (QED) is 0.670. The molecule has 0 aliphatic rings. The number of aromatic nitrogens is 2. The van der Waals surface area contributed by atoms with Crippen LogP contribution in [0.25, 0.3) is 16.5 Å². The van der Waals surface area contributed by atoms with Gasteiger partial charge in [-0.3, -0.25) is 4.68 Å². The second-order valence-electron chi connectivity index (χ2n) is 5.90. The average Bonchev–Trinajstić information content (AvgIpc) is 3.22. The minimum Gasteiger partial charge on any atom is -0.268 e. The van der Waals surface area contributed by atoms with Crippen LogP contribution in [0.2, 0.25) is 0 Å². The highest BCUT2D eigenvalue weighted by molar-refractivity contribution is 7.92. The van der Waals surface area contributed by atoms with E-state index < -0.39 is 10.0 Å². The van der Waals surface area contributed by atoms with E-state index in [1.165, 1.54) is 10.3 Å². The summed E-state index contributed by atoms with van der Waals surface area (Å²) in [7, 11) is -3.48. The number of nitrogens with one attached hydrogen (secondary N) is 1. The standard InChI is InChI=1S/C19H21N3O2S2/c1-15-19(18-9-6-13-25-18)16(2)22(21-15)12-11-20-26(23,24)14-10-17-7-4-3-5-8-17/h3-10,13-14,20H,11-12H2,1-2H3/b14-10+. The molecule has 0 saturated heterocycles. The number of rotatable bonds is 7. The summed E-state index contributed by atoms with van der Waals surface area (Å²) in [5.41, 5.74) is 3.98. The Morgan fingerprint density at radius 1 is 1.15 bits per heavy atom. The Bertz CT molecular complexity index is 989.